The SMILES string of the molecule is Cc1ccc(SSC(=S)N2CCc3ccccc3C2)cc1. The van der Waals surface area contributed by atoms with E-state index in [1.54, 1.807) is 21.6 Å². The van der Waals surface area contributed by atoms with Gasteiger partial charge in [-0.3, -0.25) is 0 Å². The number of thiocarbonyl (C=S) groups is 1. The van der Waals surface area contributed by atoms with Gasteiger partial charge in [0.2, 0.25) is 0 Å². The summed E-state index contributed by atoms with van der Waals surface area (Å²) in [6.07, 6.45) is 1.09. The summed E-state index contributed by atoms with van der Waals surface area (Å²) in [5.41, 5.74) is 4.17. The first kappa shape index (κ1) is 14.9. The number of aryl methyl sites for hydroxylation is 1. The third kappa shape index (κ3) is 3.82. The minimum atomic E-state index is 0.941. The van der Waals surface area contributed by atoms with Crippen molar-refractivity contribution in [2.75, 3.05) is 6.54 Å². The number of benzene rings is 2. The Morgan fingerprint density at radius 2 is 1.76 bits per heavy atom. The van der Waals surface area contributed by atoms with Crippen LogP contribution < -0.4 is 0 Å². The molecular formula is C17H17NS3. The molecule has 1 aliphatic rings. The first-order chi connectivity index (χ1) is 10.2. The van der Waals surface area contributed by atoms with Crippen molar-refractivity contribution in [2.45, 2.75) is 24.8 Å². The first-order valence-electron chi connectivity index (χ1n) is 6.99. The molecule has 0 aromatic heterocycles. The van der Waals surface area contributed by atoms with Crippen molar-refractivity contribution in [1.82, 2.24) is 4.90 Å². The minimum absolute atomic E-state index is 0.941. The summed E-state index contributed by atoms with van der Waals surface area (Å²) in [7, 11) is 3.44. The van der Waals surface area contributed by atoms with E-state index in [2.05, 4.69) is 60.4 Å². The van der Waals surface area contributed by atoms with E-state index in [4.69, 9.17) is 12.2 Å². The van der Waals surface area contributed by atoms with Crippen LogP contribution in [0.3, 0.4) is 0 Å². The van der Waals surface area contributed by atoms with Crippen molar-refractivity contribution in [3.8, 4) is 0 Å². The Morgan fingerprint density at radius 1 is 1.05 bits per heavy atom. The molecule has 108 valence electrons. The molecule has 0 unspecified atom stereocenters. The number of rotatable bonds is 2. The van der Waals surface area contributed by atoms with E-state index in [1.165, 1.54) is 21.6 Å². The average molecular weight is 332 g/mol. The van der Waals surface area contributed by atoms with E-state index >= 15 is 0 Å². The Bertz CT molecular complexity index is 637. The van der Waals surface area contributed by atoms with Gasteiger partial charge in [0.25, 0.3) is 0 Å². The highest BCUT2D eigenvalue weighted by Gasteiger charge is 2.18. The molecule has 0 saturated heterocycles. The van der Waals surface area contributed by atoms with Gasteiger partial charge in [-0.05, 0) is 47.4 Å². The van der Waals surface area contributed by atoms with Crippen molar-refractivity contribution in [3.05, 3.63) is 65.2 Å². The van der Waals surface area contributed by atoms with Gasteiger partial charge in [-0.15, -0.1) is 0 Å². The lowest BCUT2D eigenvalue weighted by molar-refractivity contribution is 0.407. The first-order valence-corrected chi connectivity index (χ1v) is 9.55. The molecule has 0 fully saturated rings. The topological polar surface area (TPSA) is 3.24 Å². The van der Waals surface area contributed by atoms with Crippen LogP contribution in [0.5, 0.6) is 0 Å². The van der Waals surface area contributed by atoms with Gasteiger partial charge < -0.3 is 4.90 Å². The second kappa shape index (κ2) is 6.86. The molecule has 1 heterocycles. The fourth-order valence-corrected chi connectivity index (χ4v) is 4.67. The van der Waals surface area contributed by atoms with Crippen LogP contribution in [0.4, 0.5) is 0 Å². The maximum absolute atomic E-state index is 5.60. The molecule has 2 aromatic rings. The van der Waals surface area contributed by atoms with Gasteiger partial charge >= 0.3 is 0 Å². The summed E-state index contributed by atoms with van der Waals surface area (Å²) < 4.78 is 0.982. The molecule has 1 aliphatic heterocycles. The van der Waals surface area contributed by atoms with Crippen LogP contribution in [-0.4, -0.2) is 15.8 Å². The van der Waals surface area contributed by atoms with Crippen LogP contribution in [0, 0.1) is 6.92 Å². The van der Waals surface area contributed by atoms with Crippen LogP contribution in [0.25, 0.3) is 0 Å². The smallest absolute Gasteiger partial charge is 0.147 e. The predicted molar refractivity (Wildman–Crippen MR) is 97.8 cm³/mol. The van der Waals surface area contributed by atoms with Crippen LogP contribution in [0.15, 0.2) is 53.4 Å². The van der Waals surface area contributed by atoms with Crippen LogP contribution in [0.1, 0.15) is 16.7 Å². The lowest BCUT2D eigenvalue weighted by Crippen LogP contribution is -2.32. The maximum Gasteiger partial charge on any atom is 0.147 e. The number of fused-ring (bicyclic) bond motifs is 1. The fraction of sp³-hybridized carbons (Fsp3) is 0.235. The molecule has 0 atom stereocenters. The highest BCUT2D eigenvalue weighted by Crippen LogP contribution is 2.34. The van der Waals surface area contributed by atoms with E-state index < -0.39 is 0 Å². The molecule has 0 saturated carbocycles. The molecule has 2 aromatic carbocycles. The highest BCUT2D eigenvalue weighted by molar-refractivity contribution is 8.83. The predicted octanol–water partition coefficient (Wildman–Crippen LogP) is 5.08. The van der Waals surface area contributed by atoms with Gasteiger partial charge in [0.1, 0.15) is 4.32 Å². The quantitative estimate of drug-likeness (QED) is 0.557. The molecule has 21 heavy (non-hydrogen) atoms. The van der Waals surface area contributed by atoms with Crippen molar-refractivity contribution < 1.29 is 0 Å². The second-order valence-electron chi connectivity index (χ2n) is 5.19. The third-order valence-electron chi connectivity index (χ3n) is 3.62. The van der Waals surface area contributed by atoms with Gasteiger partial charge in [-0.1, -0.05) is 65.0 Å². The number of hydrogen-bond acceptors (Lipinski definition) is 3. The Morgan fingerprint density at radius 3 is 2.52 bits per heavy atom. The molecule has 1 nitrogen and oxygen atoms in total. The minimum Gasteiger partial charge on any atom is -0.352 e. The molecule has 0 aliphatic carbocycles. The maximum atomic E-state index is 5.60. The molecular weight excluding hydrogens is 314 g/mol. The lowest BCUT2D eigenvalue weighted by Gasteiger charge is -2.30. The summed E-state index contributed by atoms with van der Waals surface area (Å²) in [5.74, 6) is 0. The molecule has 4 heteroatoms. The standard InChI is InChI=1S/C17H17NS3/c1-13-6-8-16(9-7-13)20-21-17(19)18-11-10-14-4-2-3-5-15(14)12-18/h2-9H,10-12H2,1H3. The van der Waals surface area contributed by atoms with Gasteiger partial charge in [-0.2, -0.15) is 0 Å². The average Bonchev–Trinajstić information content (AvgIpc) is 2.53. The number of nitrogens with zero attached hydrogens (tertiary/aromatic N) is 1. The van der Waals surface area contributed by atoms with Crippen LogP contribution in [0.2, 0.25) is 0 Å². The molecule has 0 spiro atoms. The van der Waals surface area contributed by atoms with Crippen molar-refractivity contribution in [2.24, 2.45) is 0 Å². The molecule has 0 amide bonds. The Kier molecular flexibility index (Phi) is 4.88. The Hall–Kier alpha value is -0.970. The molecule has 0 bridgehead atoms. The summed E-state index contributed by atoms with van der Waals surface area (Å²) >= 11 is 5.60. The van der Waals surface area contributed by atoms with Crippen molar-refractivity contribution in [1.29, 1.82) is 0 Å². The van der Waals surface area contributed by atoms with Gasteiger partial charge in [0.15, 0.2) is 0 Å². The summed E-state index contributed by atoms with van der Waals surface area (Å²) in [4.78, 5) is 3.56. The number of hydrogen-bond donors (Lipinski definition) is 0. The van der Waals surface area contributed by atoms with Crippen LogP contribution >= 0.6 is 33.8 Å². The lowest BCUT2D eigenvalue weighted by atomic mass is 10.0. The molecule has 0 radical (unpaired) electrons. The zero-order valence-corrected chi connectivity index (χ0v) is 14.4. The molecule has 3 rings (SSSR count). The summed E-state index contributed by atoms with van der Waals surface area (Å²) in [5, 5.41) is 0. The highest BCUT2D eigenvalue weighted by atomic mass is 33.1. The van der Waals surface area contributed by atoms with E-state index in [9.17, 15) is 0 Å². The van der Waals surface area contributed by atoms with Gasteiger partial charge in [0, 0.05) is 18.0 Å². The third-order valence-corrected chi connectivity index (χ3v) is 6.69. The molecule has 0 N–H and O–H groups in total. The fourth-order valence-electron chi connectivity index (χ4n) is 2.38. The normalized spacial score (nSPS) is 13.9. The second-order valence-corrected chi connectivity index (χ2v) is 8.02. The van der Waals surface area contributed by atoms with Gasteiger partial charge in [0.05, 0.1) is 0 Å². The zero-order valence-electron chi connectivity index (χ0n) is 11.9. The Labute approximate surface area is 139 Å². The van der Waals surface area contributed by atoms with Crippen molar-refractivity contribution in [3.63, 3.8) is 0 Å². The van der Waals surface area contributed by atoms with E-state index in [-0.39, 0.29) is 0 Å². The summed E-state index contributed by atoms with van der Waals surface area (Å²) in [6, 6.07) is 17.3. The largest absolute Gasteiger partial charge is 0.352 e. The van der Waals surface area contributed by atoms with Gasteiger partial charge in [-0.25, -0.2) is 0 Å². The van der Waals surface area contributed by atoms with Crippen LogP contribution in [-0.2, 0) is 13.0 Å². The monoisotopic (exact) mass is 331 g/mol. The summed E-state index contributed by atoms with van der Waals surface area (Å²) in [6.45, 7) is 4.07. The van der Waals surface area contributed by atoms with Crippen molar-refractivity contribution >= 4 is 38.1 Å². The van der Waals surface area contributed by atoms with E-state index in [0.29, 0.717) is 0 Å². The van der Waals surface area contributed by atoms with E-state index in [1.807, 2.05) is 0 Å². The zero-order chi connectivity index (χ0) is 14.7. The van der Waals surface area contributed by atoms with E-state index in [0.717, 1.165) is 23.8 Å². The Balaban J connectivity index is 1.58.